The summed E-state index contributed by atoms with van der Waals surface area (Å²) < 4.78 is 0. The quantitative estimate of drug-likeness (QED) is 0.167. The van der Waals surface area contributed by atoms with Crippen molar-refractivity contribution in [2.45, 2.75) is 0 Å². The van der Waals surface area contributed by atoms with E-state index in [0.29, 0.717) is 17.5 Å². The number of benzene rings is 10. The van der Waals surface area contributed by atoms with Gasteiger partial charge in [-0.2, -0.15) is 0 Å². The summed E-state index contributed by atoms with van der Waals surface area (Å²) in [6, 6.07) is 71.5. The molecule has 0 unspecified atom stereocenters. The number of fused-ring (bicyclic) bond motifs is 6. The summed E-state index contributed by atoms with van der Waals surface area (Å²) in [5, 5.41) is 12.0. The summed E-state index contributed by atoms with van der Waals surface area (Å²) in [6.45, 7) is 0. The molecule has 0 N–H and O–H groups in total. The summed E-state index contributed by atoms with van der Waals surface area (Å²) in [5.74, 6) is 1.95. The second kappa shape index (κ2) is 13.1. The van der Waals surface area contributed by atoms with E-state index in [1.54, 1.807) is 0 Å². The highest BCUT2D eigenvalue weighted by atomic mass is 15.0. The molecule has 11 aromatic rings. The Kier molecular flexibility index (Phi) is 7.49. The van der Waals surface area contributed by atoms with Gasteiger partial charge in [-0.1, -0.05) is 164 Å². The molecular formula is C53H33N3. The van der Waals surface area contributed by atoms with Gasteiger partial charge in [-0.25, -0.2) is 15.0 Å². The lowest BCUT2D eigenvalue weighted by Gasteiger charge is -2.11. The Balaban J connectivity index is 0.976. The Labute approximate surface area is 324 Å². The van der Waals surface area contributed by atoms with Crippen LogP contribution < -0.4 is 0 Å². The molecule has 10 aromatic carbocycles. The fraction of sp³-hybridized carbons (Fsp3) is 0. The maximum absolute atomic E-state index is 5.13. The molecule has 0 fully saturated rings. The number of nitrogens with zero attached hydrogens (tertiary/aromatic N) is 3. The molecular weight excluding hydrogens is 679 g/mol. The lowest BCUT2D eigenvalue weighted by molar-refractivity contribution is 1.08. The first-order valence-corrected chi connectivity index (χ1v) is 19.0. The van der Waals surface area contributed by atoms with Gasteiger partial charge in [0.05, 0.1) is 0 Å². The molecule has 0 atom stereocenters. The molecule has 0 saturated heterocycles. The van der Waals surface area contributed by atoms with E-state index in [2.05, 4.69) is 182 Å². The van der Waals surface area contributed by atoms with E-state index in [0.717, 1.165) is 27.5 Å². The van der Waals surface area contributed by atoms with Gasteiger partial charge >= 0.3 is 0 Å². The SMILES string of the molecule is c1ccc(-c2nc(-c3ccc4ccc(-c5ccc6cc(-c7ccc8ccccc8c7)ccc6c5)cc4c3)nc(-c3ccc4ccc5ccccc5c4c3)n2)cc1. The van der Waals surface area contributed by atoms with Crippen molar-refractivity contribution in [3.63, 3.8) is 0 Å². The van der Waals surface area contributed by atoms with Crippen LogP contribution in [0.4, 0.5) is 0 Å². The highest BCUT2D eigenvalue weighted by Gasteiger charge is 2.14. The molecule has 56 heavy (non-hydrogen) atoms. The third-order valence-corrected chi connectivity index (χ3v) is 11.0. The monoisotopic (exact) mass is 711 g/mol. The van der Waals surface area contributed by atoms with Crippen LogP contribution >= 0.6 is 0 Å². The summed E-state index contributed by atoms with van der Waals surface area (Å²) in [5.41, 5.74) is 7.65. The zero-order valence-corrected chi connectivity index (χ0v) is 30.4. The standard InChI is InChI=1S/C53H33N3/c1-2-10-38(11-3-1)51-54-52(56-53(55-51)47-27-19-37-18-17-36-9-6-7-13-49(36)50(37)33-47)46-26-16-35-15-21-45(31-48(35)32-46)44-25-24-42-29-41(22-23-43(42)30-44)40-20-14-34-8-4-5-12-39(34)28-40/h1-33H. The van der Waals surface area contributed by atoms with Crippen molar-refractivity contribution in [3.8, 4) is 56.4 Å². The van der Waals surface area contributed by atoms with Crippen LogP contribution in [0, 0.1) is 0 Å². The predicted octanol–water partition coefficient (Wildman–Crippen LogP) is 14.0. The second-order valence-corrected chi connectivity index (χ2v) is 14.5. The largest absolute Gasteiger partial charge is 0.208 e. The summed E-state index contributed by atoms with van der Waals surface area (Å²) in [6.07, 6.45) is 0. The van der Waals surface area contributed by atoms with Crippen LogP contribution in [0.3, 0.4) is 0 Å². The van der Waals surface area contributed by atoms with Crippen LogP contribution in [0.5, 0.6) is 0 Å². The molecule has 0 radical (unpaired) electrons. The Bertz CT molecular complexity index is 3310. The summed E-state index contributed by atoms with van der Waals surface area (Å²) in [4.78, 5) is 15.2. The first-order chi connectivity index (χ1) is 27.7. The van der Waals surface area contributed by atoms with Crippen LogP contribution in [0.25, 0.3) is 110 Å². The molecule has 0 spiro atoms. The molecule has 260 valence electrons. The molecule has 1 aromatic heterocycles. The molecule has 0 aliphatic rings. The Morgan fingerprint density at radius 3 is 1.18 bits per heavy atom. The molecule has 0 amide bonds. The molecule has 0 aliphatic carbocycles. The van der Waals surface area contributed by atoms with Gasteiger partial charge in [0.25, 0.3) is 0 Å². The first kappa shape index (κ1) is 32.0. The Morgan fingerprint density at radius 1 is 0.196 bits per heavy atom. The molecule has 3 heteroatoms. The van der Waals surface area contributed by atoms with Gasteiger partial charge in [0.15, 0.2) is 17.5 Å². The minimum absolute atomic E-state index is 0.645. The van der Waals surface area contributed by atoms with E-state index in [9.17, 15) is 0 Å². The lowest BCUT2D eigenvalue weighted by Crippen LogP contribution is -2.00. The fourth-order valence-electron chi connectivity index (χ4n) is 8.03. The molecule has 1 heterocycles. The van der Waals surface area contributed by atoms with Crippen LogP contribution in [-0.2, 0) is 0 Å². The lowest BCUT2D eigenvalue weighted by atomic mass is 9.95. The van der Waals surface area contributed by atoms with E-state index in [1.807, 2.05) is 18.2 Å². The molecule has 3 nitrogen and oxygen atoms in total. The van der Waals surface area contributed by atoms with Crippen LogP contribution in [0.15, 0.2) is 200 Å². The normalized spacial score (nSPS) is 11.6. The summed E-state index contributed by atoms with van der Waals surface area (Å²) in [7, 11) is 0. The second-order valence-electron chi connectivity index (χ2n) is 14.5. The maximum atomic E-state index is 5.13. The summed E-state index contributed by atoms with van der Waals surface area (Å²) >= 11 is 0. The minimum atomic E-state index is 0.645. The Hall–Kier alpha value is -7.49. The van der Waals surface area contributed by atoms with Crippen LogP contribution in [0.2, 0.25) is 0 Å². The van der Waals surface area contributed by atoms with Crippen molar-refractivity contribution in [1.29, 1.82) is 0 Å². The van der Waals surface area contributed by atoms with Crippen molar-refractivity contribution in [2.75, 3.05) is 0 Å². The topological polar surface area (TPSA) is 38.7 Å². The fourth-order valence-corrected chi connectivity index (χ4v) is 8.03. The number of hydrogen-bond donors (Lipinski definition) is 0. The third kappa shape index (κ3) is 5.74. The van der Waals surface area contributed by atoms with E-state index in [1.165, 1.54) is 65.3 Å². The van der Waals surface area contributed by atoms with Gasteiger partial charge < -0.3 is 0 Å². The number of rotatable bonds is 5. The smallest absolute Gasteiger partial charge is 0.164 e. The average Bonchev–Trinajstić information content (AvgIpc) is 3.28. The third-order valence-electron chi connectivity index (χ3n) is 11.0. The van der Waals surface area contributed by atoms with Gasteiger partial charge in [-0.15, -0.1) is 0 Å². The maximum Gasteiger partial charge on any atom is 0.164 e. The van der Waals surface area contributed by atoms with Crippen molar-refractivity contribution >= 4 is 53.9 Å². The number of aromatic nitrogens is 3. The van der Waals surface area contributed by atoms with Crippen molar-refractivity contribution in [1.82, 2.24) is 15.0 Å². The predicted molar refractivity (Wildman–Crippen MR) is 235 cm³/mol. The van der Waals surface area contributed by atoms with Gasteiger partial charge in [0.1, 0.15) is 0 Å². The van der Waals surface area contributed by atoms with Gasteiger partial charge in [-0.3, -0.25) is 0 Å². The van der Waals surface area contributed by atoms with E-state index in [-0.39, 0.29) is 0 Å². The Morgan fingerprint density at radius 2 is 0.554 bits per heavy atom. The molecule has 11 rings (SSSR count). The van der Waals surface area contributed by atoms with Crippen LogP contribution in [-0.4, -0.2) is 15.0 Å². The van der Waals surface area contributed by atoms with Gasteiger partial charge in [0, 0.05) is 16.7 Å². The zero-order valence-electron chi connectivity index (χ0n) is 30.4. The zero-order chi connectivity index (χ0) is 37.0. The van der Waals surface area contributed by atoms with E-state index < -0.39 is 0 Å². The molecule has 0 bridgehead atoms. The first-order valence-electron chi connectivity index (χ1n) is 19.0. The molecule has 0 aliphatic heterocycles. The van der Waals surface area contributed by atoms with Crippen molar-refractivity contribution < 1.29 is 0 Å². The number of hydrogen-bond acceptors (Lipinski definition) is 3. The van der Waals surface area contributed by atoms with Crippen molar-refractivity contribution in [3.05, 3.63) is 200 Å². The van der Waals surface area contributed by atoms with Crippen molar-refractivity contribution in [2.24, 2.45) is 0 Å². The highest BCUT2D eigenvalue weighted by Crippen LogP contribution is 2.34. The highest BCUT2D eigenvalue weighted by molar-refractivity contribution is 6.08. The average molecular weight is 712 g/mol. The van der Waals surface area contributed by atoms with Gasteiger partial charge in [0.2, 0.25) is 0 Å². The van der Waals surface area contributed by atoms with E-state index >= 15 is 0 Å². The van der Waals surface area contributed by atoms with Crippen LogP contribution in [0.1, 0.15) is 0 Å². The minimum Gasteiger partial charge on any atom is -0.208 e. The molecule has 0 saturated carbocycles. The van der Waals surface area contributed by atoms with Gasteiger partial charge in [-0.05, 0) is 113 Å². The van der Waals surface area contributed by atoms with E-state index in [4.69, 9.17) is 15.0 Å².